The van der Waals surface area contributed by atoms with Gasteiger partial charge in [-0.25, -0.2) is 13.6 Å². The highest BCUT2D eigenvalue weighted by Gasteiger charge is 2.15. The van der Waals surface area contributed by atoms with E-state index in [0.29, 0.717) is 12.6 Å². The zero-order chi connectivity index (χ0) is 13.0. The monoisotopic (exact) mass is 243 g/mol. The van der Waals surface area contributed by atoms with E-state index in [4.69, 9.17) is 5.73 Å². The first-order valence-electron chi connectivity index (χ1n) is 5.14. The fraction of sp³-hybridized carbons (Fsp3) is 0.364. The van der Waals surface area contributed by atoms with Crippen molar-refractivity contribution in [3.8, 4) is 0 Å². The van der Waals surface area contributed by atoms with E-state index in [2.05, 4.69) is 5.32 Å². The molecule has 3 N–H and O–H groups in total. The van der Waals surface area contributed by atoms with Gasteiger partial charge in [-0.15, -0.1) is 0 Å². The maximum atomic E-state index is 13.3. The molecular formula is C11H15F2N3O. The van der Waals surface area contributed by atoms with Gasteiger partial charge in [-0.2, -0.15) is 0 Å². The lowest BCUT2D eigenvalue weighted by molar-refractivity contribution is 0.209. The van der Waals surface area contributed by atoms with Crippen molar-refractivity contribution >= 4 is 11.7 Å². The van der Waals surface area contributed by atoms with E-state index in [9.17, 15) is 13.6 Å². The van der Waals surface area contributed by atoms with Crippen LogP contribution in [0.15, 0.2) is 18.2 Å². The Morgan fingerprint density at radius 1 is 1.53 bits per heavy atom. The molecule has 0 aliphatic rings. The Morgan fingerprint density at radius 2 is 2.18 bits per heavy atom. The summed E-state index contributed by atoms with van der Waals surface area (Å²) in [5.74, 6) is -1.50. The van der Waals surface area contributed by atoms with Gasteiger partial charge >= 0.3 is 6.03 Å². The number of likely N-dealkylation sites (N-methyl/N-ethyl adjacent to an activating group) is 1. The fourth-order valence-corrected chi connectivity index (χ4v) is 1.15. The number of amides is 2. The molecular weight excluding hydrogens is 228 g/mol. The molecule has 4 nitrogen and oxygen atoms in total. The van der Waals surface area contributed by atoms with Crippen LogP contribution in [0.3, 0.4) is 0 Å². The number of anilines is 1. The van der Waals surface area contributed by atoms with Crippen LogP contribution < -0.4 is 11.1 Å². The topological polar surface area (TPSA) is 58.4 Å². The van der Waals surface area contributed by atoms with Crippen LogP contribution in [-0.2, 0) is 0 Å². The molecule has 1 unspecified atom stereocenters. The second-order valence-corrected chi connectivity index (χ2v) is 3.75. The lowest BCUT2D eigenvalue weighted by Crippen LogP contribution is -2.42. The second-order valence-electron chi connectivity index (χ2n) is 3.75. The summed E-state index contributed by atoms with van der Waals surface area (Å²) >= 11 is 0. The van der Waals surface area contributed by atoms with E-state index in [1.807, 2.05) is 0 Å². The van der Waals surface area contributed by atoms with Crippen molar-refractivity contribution in [1.82, 2.24) is 4.90 Å². The highest BCUT2D eigenvalue weighted by Crippen LogP contribution is 2.15. The van der Waals surface area contributed by atoms with Crippen molar-refractivity contribution in [2.45, 2.75) is 13.0 Å². The molecule has 0 aliphatic heterocycles. The molecule has 1 aromatic rings. The summed E-state index contributed by atoms with van der Waals surface area (Å²) in [6.45, 7) is 2.07. The zero-order valence-electron chi connectivity index (χ0n) is 9.71. The molecule has 0 radical (unpaired) electrons. The van der Waals surface area contributed by atoms with Crippen LogP contribution in [0.2, 0.25) is 0 Å². The van der Waals surface area contributed by atoms with Gasteiger partial charge < -0.3 is 16.0 Å². The maximum absolute atomic E-state index is 13.3. The third-order valence-corrected chi connectivity index (χ3v) is 2.50. The third-order valence-electron chi connectivity index (χ3n) is 2.50. The van der Waals surface area contributed by atoms with Crippen molar-refractivity contribution in [2.75, 3.05) is 18.9 Å². The Morgan fingerprint density at radius 3 is 2.71 bits per heavy atom. The van der Waals surface area contributed by atoms with E-state index in [0.717, 1.165) is 6.07 Å². The molecule has 0 fully saturated rings. The van der Waals surface area contributed by atoms with E-state index in [1.54, 1.807) is 14.0 Å². The van der Waals surface area contributed by atoms with Gasteiger partial charge in [0.25, 0.3) is 0 Å². The molecule has 2 amide bonds. The number of hydrogen-bond donors (Lipinski definition) is 2. The molecule has 0 saturated carbocycles. The van der Waals surface area contributed by atoms with Crippen LogP contribution in [0.25, 0.3) is 0 Å². The van der Waals surface area contributed by atoms with Gasteiger partial charge in [0.1, 0.15) is 11.6 Å². The molecule has 6 heteroatoms. The summed E-state index contributed by atoms with van der Waals surface area (Å²) < 4.78 is 25.9. The number of carbonyl (C=O) groups is 1. The van der Waals surface area contributed by atoms with Crippen LogP contribution >= 0.6 is 0 Å². The smallest absolute Gasteiger partial charge is 0.321 e. The summed E-state index contributed by atoms with van der Waals surface area (Å²) in [6, 6.07) is 2.29. The highest BCUT2D eigenvalue weighted by molar-refractivity contribution is 5.89. The first kappa shape index (κ1) is 13.4. The van der Waals surface area contributed by atoms with Gasteiger partial charge in [-0.05, 0) is 19.1 Å². The standard InChI is InChI=1S/C11H15F2N3O/c1-7(6-14)16(2)11(17)15-10-4-3-8(12)5-9(10)13/h3-5,7H,6,14H2,1-2H3,(H,15,17). The minimum Gasteiger partial charge on any atom is -0.328 e. The quantitative estimate of drug-likeness (QED) is 0.850. The molecule has 1 rings (SSSR count). The molecule has 1 aromatic carbocycles. The molecule has 17 heavy (non-hydrogen) atoms. The van der Waals surface area contributed by atoms with E-state index in [-0.39, 0.29) is 11.7 Å². The predicted molar refractivity (Wildman–Crippen MR) is 61.7 cm³/mol. The van der Waals surface area contributed by atoms with Crippen LogP contribution in [0, 0.1) is 11.6 Å². The molecule has 0 saturated heterocycles. The third kappa shape index (κ3) is 3.39. The lowest BCUT2D eigenvalue weighted by Gasteiger charge is -2.23. The summed E-state index contributed by atoms with van der Waals surface area (Å²) in [5.41, 5.74) is 5.35. The molecule has 0 bridgehead atoms. The Bertz CT molecular complexity index is 412. The summed E-state index contributed by atoms with van der Waals surface area (Å²) in [7, 11) is 1.55. The summed E-state index contributed by atoms with van der Waals surface area (Å²) in [4.78, 5) is 13.0. The molecule has 0 heterocycles. The van der Waals surface area contributed by atoms with Crippen molar-refractivity contribution in [2.24, 2.45) is 5.73 Å². The van der Waals surface area contributed by atoms with Crippen molar-refractivity contribution in [3.05, 3.63) is 29.8 Å². The number of nitrogens with zero attached hydrogens (tertiary/aromatic N) is 1. The molecule has 0 aromatic heterocycles. The minimum absolute atomic E-state index is 0.0625. The number of nitrogens with two attached hydrogens (primary N) is 1. The van der Waals surface area contributed by atoms with E-state index in [1.165, 1.54) is 11.0 Å². The van der Waals surface area contributed by atoms with Gasteiger partial charge in [-0.3, -0.25) is 0 Å². The normalized spacial score (nSPS) is 12.1. The SMILES string of the molecule is CC(CN)N(C)C(=O)Nc1ccc(F)cc1F. The second kappa shape index (κ2) is 5.58. The average molecular weight is 243 g/mol. The molecule has 94 valence electrons. The number of rotatable bonds is 3. The molecule has 1 atom stereocenters. The van der Waals surface area contributed by atoms with Gasteiger partial charge in [0.2, 0.25) is 0 Å². The van der Waals surface area contributed by atoms with Gasteiger partial charge in [-0.1, -0.05) is 0 Å². The number of benzene rings is 1. The minimum atomic E-state index is -0.813. The van der Waals surface area contributed by atoms with Crippen LogP contribution in [0.4, 0.5) is 19.3 Å². The van der Waals surface area contributed by atoms with Crippen LogP contribution in [-0.4, -0.2) is 30.6 Å². The van der Waals surface area contributed by atoms with Crippen LogP contribution in [0.1, 0.15) is 6.92 Å². The fourth-order valence-electron chi connectivity index (χ4n) is 1.15. The predicted octanol–water partition coefficient (Wildman–Crippen LogP) is 1.78. The Balaban J connectivity index is 2.74. The lowest BCUT2D eigenvalue weighted by atomic mass is 10.3. The van der Waals surface area contributed by atoms with E-state index >= 15 is 0 Å². The van der Waals surface area contributed by atoms with Crippen molar-refractivity contribution < 1.29 is 13.6 Å². The maximum Gasteiger partial charge on any atom is 0.321 e. The highest BCUT2D eigenvalue weighted by atomic mass is 19.1. The van der Waals surface area contributed by atoms with Gasteiger partial charge in [0.15, 0.2) is 0 Å². The number of hydrogen-bond acceptors (Lipinski definition) is 2. The average Bonchev–Trinajstić information content (AvgIpc) is 2.30. The Labute approximate surface area is 98.4 Å². The zero-order valence-corrected chi connectivity index (χ0v) is 9.71. The summed E-state index contributed by atoms with van der Waals surface area (Å²) in [6.07, 6.45) is 0. The van der Waals surface area contributed by atoms with Gasteiger partial charge in [0, 0.05) is 25.7 Å². The number of nitrogens with one attached hydrogen (secondary N) is 1. The molecule has 0 spiro atoms. The largest absolute Gasteiger partial charge is 0.328 e. The first-order valence-corrected chi connectivity index (χ1v) is 5.14. The first-order chi connectivity index (χ1) is 7.95. The number of urea groups is 1. The Hall–Kier alpha value is -1.69. The summed E-state index contributed by atoms with van der Waals surface area (Å²) in [5, 5.41) is 2.34. The van der Waals surface area contributed by atoms with Crippen LogP contribution in [0.5, 0.6) is 0 Å². The van der Waals surface area contributed by atoms with Gasteiger partial charge in [0.05, 0.1) is 5.69 Å². The van der Waals surface area contributed by atoms with E-state index < -0.39 is 17.7 Å². The molecule has 0 aliphatic carbocycles. The van der Waals surface area contributed by atoms with Crippen molar-refractivity contribution in [1.29, 1.82) is 0 Å². The Kier molecular flexibility index (Phi) is 4.39. The van der Waals surface area contributed by atoms with Crippen molar-refractivity contribution in [3.63, 3.8) is 0 Å². The number of halogens is 2. The number of carbonyl (C=O) groups excluding carboxylic acids is 1.